The van der Waals surface area contributed by atoms with Crippen LogP contribution in [0, 0.1) is 0 Å². The van der Waals surface area contributed by atoms with Crippen molar-refractivity contribution in [1.29, 1.82) is 0 Å². The third-order valence-electron chi connectivity index (χ3n) is 4.34. The summed E-state index contributed by atoms with van der Waals surface area (Å²) in [6.45, 7) is 0. The molecule has 8 heteroatoms. The predicted octanol–water partition coefficient (Wildman–Crippen LogP) is 1.20. The third kappa shape index (κ3) is 2.55. The molecule has 122 valence electrons. The van der Waals surface area contributed by atoms with Gasteiger partial charge in [-0.05, 0) is 31.4 Å². The van der Waals surface area contributed by atoms with Crippen molar-refractivity contribution >= 4 is 5.91 Å². The maximum atomic E-state index is 12.6. The number of carbonyl (C=O) groups excluding carboxylic acids is 1. The Labute approximate surface area is 138 Å². The van der Waals surface area contributed by atoms with Crippen molar-refractivity contribution in [2.45, 2.75) is 25.3 Å². The van der Waals surface area contributed by atoms with Gasteiger partial charge < -0.3 is 5.32 Å². The second-order valence-corrected chi connectivity index (χ2v) is 5.83. The van der Waals surface area contributed by atoms with Crippen molar-refractivity contribution in [2.75, 3.05) is 0 Å². The fraction of sp³-hybridized carbons (Fsp3) is 0.312. The number of carbonyl (C=O) groups is 1. The van der Waals surface area contributed by atoms with Crippen molar-refractivity contribution in [1.82, 2.24) is 34.8 Å². The lowest BCUT2D eigenvalue weighted by molar-refractivity contribution is 0.0932. The summed E-state index contributed by atoms with van der Waals surface area (Å²) in [6, 6.07) is 3.40. The molecule has 1 N–H and O–H groups in total. The first-order valence-electron chi connectivity index (χ1n) is 7.85. The second kappa shape index (κ2) is 5.88. The van der Waals surface area contributed by atoms with E-state index in [-0.39, 0.29) is 11.9 Å². The number of fused-ring (bicyclic) bond motifs is 1. The average Bonchev–Trinajstić information content (AvgIpc) is 3.26. The lowest BCUT2D eigenvalue weighted by Crippen LogP contribution is -2.31. The third-order valence-corrected chi connectivity index (χ3v) is 4.34. The predicted molar refractivity (Wildman–Crippen MR) is 85.5 cm³/mol. The van der Waals surface area contributed by atoms with Crippen LogP contribution in [0.1, 0.15) is 40.5 Å². The van der Waals surface area contributed by atoms with Crippen LogP contribution in [0.15, 0.2) is 37.2 Å². The van der Waals surface area contributed by atoms with Crippen molar-refractivity contribution in [3.63, 3.8) is 0 Å². The van der Waals surface area contributed by atoms with E-state index < -0.39 is 0 Å². The first-order chi connectivity index (χ1) is 11.7. The lowest BCUT2D eigenvalue weighted by Gasteiger charge is -2.23. The van der Waals surface area contributed by atoms with Crippen molar-refractivity contribution < 1.29 is 4.79 Å². The Morgan fingerprint density at radius 3 is 3.12 bits per heavy atom. The van der Waals surface area contributed by atoms with Crippen molar-refractivity contribution in [3.8, 4) is 5.82 Å². The number of pyridine rings is 1. The van der Waals surface area contributed by atoms with E-state index >= 15 is 0 Å². The zero-order chi connectivity index (χ0) is 16.5. The van der Waals surface area contributed by atoms with Gasteiger partial charge in [-0.3, -0.25) is 9.48 Å². The van der Waals surface area contributed by atoms with E-state index in [2.05, 4.69) is 25.5 Å². The molecule has 3 heterocycles. The summed E-state index contributed by atoms with van der Waals surface area (Å²) < 4.78 is 3.42. The van der Waals surface area contributed by atoms with Crippen LogP contribution in [0.5, 0.6) is 0 Å². The van der Waals surface area contributed by atoms with Gasteiger partial charge in [0.15, 0.2) is 5.82 Å². The van der Waals surface area contributed by atoms with Crippen LogP contribution in [-0.2, 0) is 13.5 Å². The number of rotatable bonds is 3. The van der Waals surface area contributed by atoms with Gasteiger partial charge in [-0.15, -0.1) is 0 Å². The largest absolute Gasteiger partial charge is 0.345 e. The van der Waals surface area contributed by atoms with Crippen LogP contribution < -0.4 is 5.32 Å². The van der Waals surface area contributed by atoms with E-state index in [1.54, 1.807) is 24.7 Å². The molecular weight excluding hydrogens is 306 g/mol. The molecule has 0 unspecified atom stereocenters. The Morgan fingerprint density at radius 2 is 2.29 bits per heavy atom. The minimum absolute atomic E-state index is 0.00191. The van der Waals surface area contributed by atoms with E-state index in [1.165, 1.54) is 16.7 Å². The van der Waals surface area contributed by atoms with Gasteiger partial charge in [0, 0.05) is 30.1 Å². The first-order valence-corrected chi connectivity index (χ1v) is 7.85. The van der Waals surface area contributed by atoms with E-state index in [9.17, 15) is 4.79 Å². The fourth-order valence-electron chi connectivity index (χ4n) is 3.11. The van der Waals surface area contributed by atoms with Crippen LogP contribution in [0.4, 0.5) is 0 Å². The van der Waals surface area contributed by atoms with Gasteiger partial charge in [-0.2, -0.15) is 10.2 Å². The highest BCUT2D eigenvalue weighted by Crippen LogP contribution is 2.29. The van der Waals surface area contributed by atoms with Gasteiger partial charge >= 0.3 is 0 Å². The quantitative estimate of drug-likeness (QED) is 0.782. The second-order valence-electron chi connectivity index (χ2n) is 5.83. The molecule has 0 saturated heterocycles. The molecule has 4 rings (SSSR count). The summed E-state index contributed by atoms with van der Waals surface area (Å²) in [5.41, 5.74) is 2.86. The van der Waals surface area contributed by atoms with Crippen LogP contribution in [-0.4, -0.2) is 35.4 Å². The highest BCUT2D eigenvalue weighted by molar-refractivity contribution is 5.94. The average molecular weight is 323 g/mol. The Bertz CT molecular complexity index is 868. The highest BCUT2D eigenvalue weighted by Gasteiger charge is 2.25. The number of nitrogens with zero attached hydrogens (tertiary/aromatic N) is 6. The molecule has 0 bridgehead atoms. The van der Waals surface area contributed by atoms with Gasteiger partial charge in [0.25, 0.3) is 5.91 Å². The van der Waals surface area contributed by atoms with Crippen LogP contribution in [0.2, 0.25) is 0 Å². The Morgan fingerprint density at radius 1 is 1.38 bits per heavy atom. The molecule has 1 amide bonds. The van der Waals surface area contributed by atoms with Crippen molar-refractivity contribution in [3.05, 3.63) is 54.0 Å². The monoisotopic (exact) mass is 323 g/mol. The molecule has 3 aromatic heterocycles. The Kier molecular flexibility index (Phi) is 3.56. The number of aromatic nitrogens is 6. The lowest BCUT2D eigenvalue weighted by atomic mass is 9.93. The molecule has 0 saturated carbocycles. The molecule has 0 aromatic carbocycles. The summed E-state index contributed by atoms with van der Waals surface area (Å²) in [6.07, 6.45) is 9.40. The van der Waals surface area contributed by atoms with E-state index in [1.807, 2.05) is 17.9 Å². The zero-order valence-corrected chi connectivity index (χ0v) is 13.3. The van der Waals surface area contributed by atoms with E-state index in [4.69, 9.17) is 0 Å². The summed E-state index contributed by atoms with van der Waals surface area (Å²) >= 11 is 0. The van der Waals surface area contributed by atoms with E-state index in [0.717, 1.165) is 24.8 Å². The number of hydrogen-bond donors (Lipinski definition) is 1. The summed E-state index contributed by atoms with van der Waals surface area (Å²) in [5.74, 6) is 0.436. The molecule has 24 heavy (non-hydrogen) atoms. The number of aryl methyl sites for hydroxylation is 1. The van der Waals surface area contributed by atoms with Gasteiger partial charge in [-0.1, -0.05) is 0 Å². The Balaban J connectivity index is 1.56. The SMILES string of the molecule is Cn1ncc2c1CCC[C@H]2NC(=O)c1ccnc(-n2cncn2)c1. The van der Waals surface area contributed by atoms with Gasteiger partial charge in [0.2, 0.25) is 0 Å². The Hall–Kier alpha value is -3.03. The topological polar surface area (TPSA) is 90.5 Å². The van der Waals surface area contributed by atoms with E-state index in [0.29, 0.717) is 11.4 Å². The number of hydrogen-bond acceptors (Lipinski definition) is 5. The standard InChI is InChI=1S/C16H17N7O/c1-22-14-4-2-3-13(12(14)8-19-22)21-16(24)11-5-6-18-15(7-11)23-10-17-9-20-23/h5-10,13H,2-4H2,1H3,(H,21,24)/t13-/m1/s1. The summed E-state index contributed by atoms with van der Waals surface area (Å²) in [7, 11) is 1.94. The maximum absolute atomic E-state index is 12.6. The van der Waals surface area contributed by atoms with Gasteiger partial charge in [-0.25, -0.2) is 14.6 Å². The molecule has 0 radical (unpaired) electrons. The fourth-order valence-corrected chi connectivity index (χ4v) is 3.11. The van der Waals surface area contributed by atoms with Gasteiger partial charge in [0.05, 0.1) is 12.2 Å². The van der Waals surface area contributed by atoms with Crippen LogP contribution in [0.3, 0.4) is 0 Å². The molecule has 0 fully saturated rings. The maximum Gasteiger partial charge on any atom is 0.251 e. The first kappa shape index (κ1) is 14.6. The molecule has 1 atom stereocenters. The number of nitrogens with one attached hydrogen (secondary N) is 1. The minimum Gasteiger partial charge on any atom is -0.345 e. The summed E-state index contributed by atoms with van der Waals surface area (Å²) in [4.78, 5) is 20.8. The highest BCUT2D eigenvalue weighted by atomic mass is 16.1. The molecular formula is C16H17N7O. The molecule has 0 aliphatic heterocycles. The molecule has 8 nitrogen and oxygen atoms in total. The van der Waals surface area contributed by atoms with Crippen LogP contribution >= 0.6 is 0 Å². The van der Waals surface area contributed by atoms with Gasteiger partial charge in [0.1, 0.15) is 12.7 Å². The molecule has 3 aromatic rings. The zero-order valence-electron chi connectivity index (χ0n) is 13.3. The number of amides is 1. The normalized spacial score (nSPS) is 16.6. The smallest absolute Gasteiger partial charge is 0.251 e. The molecule has 0 spiro atoms. The summed E-state index contributed by atoms with van der Waals surface area (Å²) in [5, 5.41) is 11.5. The van der Waals surface area contributed by atoms with Crippen molar-refractivity contribution in [2.24, 2.45) is 7.05 Å². The molecule has 1 aliphatic carbocycles. The van der Waals surface area contributed by atoms with Crippen LogP contribution in [0.25, 0.3) is 5.82 Å². The minimum atomic E-state index is -0.125. The molecule has 1 aliphatic rings.